The highest BCUT2D eigenvalue weighted by molar-refractivity contribution is 5.93. The summed E-state index contributed by atoms with van der Waals surface area (Å²) in [6.45, 7) is 4.83. The molecule has 1 aliphatic heterocycles. The van der Waals surface area contributed by atoms with Gasteiger partial charge in [0.15, 0.2) is 11.5 Å². The van der Waals surface area contributed by atoms with E-state index >= 15 is 0 Å². The van der Waals surface area contributed by atoms with Crippen LogP contribution in [0.1, 0.15) is 12.5 Å². The van der Waals surface area contributed by atoms with Gasteiger partial charge in [0.1, 0.15) is 11.4 Å². The quantitative estimate of drug-likeness (QED) is 0.381. The molecule has 1 saturated heterocycles. The van der Waals surface area contributed by atoms with Crippen molar-refractivity contribution in [2.75, 3.05) is 20.2 Å². The van der Waals surface area contributed by atoms with Crippen LogP contribution in [0.25, 0.3) is 22.2 Å². The van der Waals surface area contributed by atoms with Gasteiger partial charge >= 0.3 is 0 Å². The highest BCUT2D eigenvalue weighted by Crippen LogP contribution is 2.34. The summed E-state index contributed by atoms with van der Waals surface area (Å²) in [5.41, 5.74) is 2.62. The number of aromatic nitrogens is 3. The number of fused-ring (bicyclic) bond motifs is 1. The van der Waals surface area contributed by atoms with Crippen molar-refractivity contribution in [1.29, 1.82) is 0 Å². The largest absolute Gasteiger partial charge is 0.494 e. The van der Waals surface area contributed by atoms with Gasteiger partial charge in [0.2, 0.25) is 11.7 Å². The van der Waals surface area contributed by atoms with E-state index in [1.54, 1.807) is 47.6 Å². The summed E-state index contributed by atoms with van der Waals surface area (Å²) in [6, 6.07) is 14.1. The van der Waals surface area contributed by atoms with Crippen LogP contribution < -0.4 is 9.47 Å². The van der Waals surface area contributed by atoms with Crippen molar-refractivity contribution >= 4 is 16.8 Å². The summed E-state index contributed by atoms with van der Waals surface area (Å²) < 4.78 is 27.1. The van der Waals surface area contributed by atoms with Crippen molar-refractivity contribution in [3.63, 3.8) is 0 Å². The Bertz CT molecular complexity index is 1370. The van der Waals surface area contributed by atoms with Gasteiger partial charge in [-0.2, -0.15) is 9.49 Å². The van der Waals surface area contributed by atoms with Crippen LogP contribution in [0.3, 0.4) is 0 Å². The molecule has 1 unspecified atom stereocenters. The molecule has 0 radical (unpaired) electrons. The zero-order chi connectivity index (χ0) is 23.7. The normalized spacial score (nSPS) is 15.5. The lowest BCUT2D eigenvalue weighted by Gasteiger charge is -2.15. The highest BCUT2D eigenvalue weighted by Gasteiger charge is 2.28. The van der Waals surface area contributed by atoms with Gasteiger partial charge in [-0.15, -0.1) is 0 Å². The molecule has 1 aliphatic rings. The Morgan fingerprint density at radius 1 is 1.18 bits per heavy atom. The van der Waals surface area contributed by atoms with Crippen LogP contribution >= 0.6 is 0 Å². The highest BCUT2D eigenvalue weighted by atomic mass is 19.1. The SMILES string of the molecule is C=CC(=O)N1CCC(n2nc(-c3ccc(Oc4cccc(OC)c4F)cc3)c3ccncc32)C1. The zero-order valence-corrected chi connectivity index (χ0v) is 18.6. The lowest BCUT2D eigenvalue weighted by Crippen LogP contribution is -2.27. The van der Waals surface area contributed by atoms with E-state index < -0.39 is 5.82 Å². The zero-order valence-electron chi connectivity index (χ0n) is 18.6. The van der Waals surface area contributed by atoms with Gasteiger partial charge in [-0.25, -0.2) is 0 Å². The minimum Gasteiger partial charge on any atom is -0.494 e. The van der Waals surface area contributed by atoms with Gasteiger partial charge in [0, 0.05) is 30.2 Å². The molecule has 34 heavy (non-hydrogen) atoms. The van der Waals surface area contributed by atoms with Crippen LogP contribution in [-0.2, 0) is 4.79 Å². The fourth-order valence-electron chi connectivity index (χ4n) is 4.28. The van der Waals surface area contributed by atoms with Gasteiger partial charge in [0.05, 0.1) is 24.9 Å². The lowest BCUT2D eigenvalue weighted by molar-refractivity contribution is -0.125. The summed E-state index contributed by atoms with van der Waals surface area (Å²) in [5, 5.41) is 5.88. The molecular weight excluding hydrogens is 435 g/mol. The van der Waals surface area contributed by atoms with Crippen molar-refractivity contribution in [1.82, 2.24) is 19.7 Å². The first-order valence-corrected chi connectivity index (χ1v) is 10.9. The molecule has 1 amide bonds. The Balaban J connectivity index is 1.44. The number of amides is 1. The summed E-state index contributed by atoms with van der Waals surface area (Å²) in [5.74, 6) is 0.0932. The van der Waals surface area contributed by atoms with E-state index in [-0.39, 0.29) is 23.4 Å². The second kappa shape index (κ2) is 8.97. The number of carbonyl (C=O) groups is 1. The number of likely N-dealkylation sites (tertiary alicyclic amines) is 1. The molecule has 0 bridgehead atoms. The number of nitrogens with zero attached hydrogens (tertiary/aromatic N) is 4. The van der Waals surface area contributed by atoms with Crippen LogP contribution in [-0.4, -0.2) is 45.8 Å². The first-order valence-electron chi connectivity index (χ1n) is 10.9. The first kappa shape index (κ1) is 21.6. The average molecular weight is 458 g/mol. The Kier molecular flexibility index (Phi) is 5.71. The standard InChI is InChI=1S/C26H23FN4O3/c1-3-24(32)30-14-12-18(16-30)31-21-15-28-13-11-20(21)26(29-31)17-7-9-19(10-8-17)34-23-6-4-5-22(33-2)25(23)27/h3-11,13,15,18H,1,12,14,16H2,2H3. The molecule has 3 heterocycles. The second-order valence-electron chi connectivity index (χ2n) is 8.02. The molecule has 2 aromatic heterocycles. The number of rotatable bonds is 6. The van der Waals surface area contributed by atoms with Gasteiger partial charge in [-0.05, 0) is 55.0 Å². The molecule has 0 spiro atoms. The molecule has 0 saturated carbocycles. The predicted octanol–water partition coefficient (Wildman–Crippen LogP) is 5.00. The predicted molar refractivity (Wildman–Crippen MR) is 126 cm³/mol. The fourth-order valence-corrected chi connectivity index (χ4v) is 4.28. The molecule has 0 aliphatic carbocycles. The van der Waals surface area contributed by atoms with Crippen LogP contribution in [0.15, 0.2) is 73.6 Å². The number of benzene rings is 2. The Morgan fingerprint density at radius 2 is 1.97 bits per heavy atom. The first-order chi connectivity index (χ1) is 16.6. The number of methoxy groups -OCH3 is 1. The second-order valence-corrected chi connectivity index (χ2v) is 8.02. The van der Waals surface area contributed by atoms with Crippen LogP contribution in [0.2, 0.25) is 0 Å². The monoisotopic (exact) mass is 458 g/mol. The summed E-state index contributed by atoms with van der Waals surface area (Å²) >= 11 is 0. The third-order valence-electron chi connectivity index (χ3n) is 6.01. The van der Waals surface area contributed by atoms with Crippen molar-refractivity contribution in [2.24, 2.45) is 0 Å². The maximum Gasteiger partial charge on any atom is 0.246 e. The fraction of sp³-hybridized carbons (Fsp3) is 0.192. The van der Waals surface area contributed by atoms with Crippen LogP contribution in [0, 0.1) is 5.82 Å². The van der Waals surface area contributed by atoms with E-state index in [0.717, 1.165) is 28.6 Å². The summed E-state index contributed by atoms with van der Waals surface area (Å²) in [4.78, 5) is 18.1. The van der Waals surface area contributed by atoms with Crippen molar-refractivity contribution in [3.8, 4) is 28.5 Å². The Morgan fingerprint density at radius 3 is 2.74 bits per heavy atom. The third kappa shape index (κ3) is 3.87. The molecular formula is C26H23FN4O3. The van der Waals surface area contributed by atoms with E-state index in [1.807, 2.05) is 22.9 Å². The number of hydrogen-bond donors (Lipinski definition) is 0. The van der Waals surface area contributed by atoms with E-state index in [9.17, 15) is 9.18 Å². The average Bonchev–Trinajstić information content (AvgIpc) is 3.51. The number of hydrogen-bond acceptors (Lipinski definition) is 5. The molecule has 4 aromatic rings. The van der Waals surface area contributed by atoms with Gasteiger partial charge in [0.25, 0.3) is 0 Å². The van der Waals surface area contributed by atoms with E-state index in [4.69, 9.17) is 14.6 Å². The molecule has 0 N–H and O–H groups in total. The van der Waals surface area contributed by atoms with Crippen LogP contribution in [0.4, 0.5) is 4.39 Å². The molecule has 1 fully saturated rings. The van der Waals surface area contributed by atoms with Crippen molar-refractivity contribution in [2.45, 2.75) is 12.5 Å². The third-order valence-corrected chi connectivity index (χ3v) is 6.01. The smallest absolute Gasteiger partial charge is 0.246 e. The summed E-state index contributed by atoms with van der Waals surface area (Å²) in [6.07, 6.45) is 5.69. The van der Waals surface area contributed by atoms with Gasteiger partial charge in [-0.3, -0.25) is 14.5 Å². The van der Waals surface area contributed by atoms with E-state index in [2.05, 4.69) is 11.6 Å². The maximum absolute atomic E-state index is 14.4. The van der Waals surface area contributed by atoms with E-state index in [0.29, 0.717) is 18.8 Å². The van der Waals surface area contributed by atoms with Crippen molar-refractivity contribution in [3.05, 3.63) is 79.4 Å². The number of ether oxygens (including phenoxy) is 2. The molecule has 8 heteroatoms. The molecule has 1 atom stereocenters. The minimum atomic E-state index is -0.549. The summed E-state index contributed by atoms with van der Waals surface area (Å²) in [7, 11) is 1.41. The number of carbonyl (C=O) groups excluding carboxylic acids is 1. The number of halogens is 1. The van der Waals surface area contributed by atoms with Gasteiger partial charge in [-0.1, -0.05) is 12.6 Å². The maximum atomic E-state index is 14.4. The van der Waals surface area contributed by atoms with E-state index in [1.165, 1.54) is 13.2 Å². The Hall–Kier alpha value is -4.20. The number of pyridine rings is 1. The lowest BCUT2D eigenvalue weighted by atomic mass is 10.1. The van der Waals surface area contributed by atoms with Crippen LogP contribution in [0.5, 0.6) is 17.2 Å². The minimum absolute atomic E-state index is 0.0583. The van der Waals surface area contributed by atoms with Crippen molar-refractivity contribution < 1.29 is 18.7 Å². The Labute approximate surface area is 196 Å². The molecule has 172 valence electrons. The van der Waals surface area contributed by atoms with Gasteiger partial charge < -0.3 is 14.4 Å². The molecule has 2 aromatic carbocycles. The molecule has 7 nitrogen and oxygen atoms in total. The molecule has 5 rings (SSSR count). The topological polar surface area (TPSA) is 69.5 Å².